The number of carbonyl (C=O) groups is 1. The number of ether oxygens (including phenoxy) is 1. The van der Waals surface area contributed by atoms with Gasteiger partial charge in [0.1, 0.15) is 11.4 Å². The van der Waals surface area contributed by atoms with Crippen LogP contribution in [0, 0.1) is 12.7 Å². The summed E-state index contributed by atoms with van der Waals surface area (Å²) in [6.07, 6.45) is 0.565. The van der Waals surface area contributed by atoms with Crippen LogP contribution >= 0.6 is 0 Å². The second kappa shape index (κ2) is 5.41. The van der Waals surface area contributed by atoms with Gasteiger partial charge < -0.3 is 4.74 Å². The lowest BCUT2D eigenvalue weighted by Crippen LogP contribution is -2.38. The molecule has 1 aromatic carbocycles. The summed E-state index contributed by atoms with van der Waals surface area (Å²) in [7, 11) is 0. The minimum atomic E-state index is -0.865. The Bertz CT molecular complexity index is 415. The van der Waals surface area contributed by atoms with Gasteiger partial charge in [-0.2, -0.15) is 0 Å². The molecule has 0 aliphatic heterocycles. The Labute approximate surface area is 102 Å². The fraction of sp³-hybridized carbons (Fsp3) is 0.500. The van der Waals surface area contributed by atoms with Crippen molar-refractivity contribution in [2.75, 3.05) is 6.61 Å². The van der Waals surface area contributed by atoms with Crippen LogP contribution in [0.2, 0.25) is 0 Å². The van der Waals surface area contributed by atoms with Crippen molar-refractivity contribution in [3.05, 3.63) is 35.1 Å². The van der Waals surface area contributed by atoms with Gasteiger partial charge in [-0.1, -0.05) is 19.1 Å². The molecule has 17 heavy (non-hydrogen) atoms. The maximum Gasteiger partial charge on any atom is 0.194 e. The fourth-order valence-electron chi connectivity index (χ4n) is 1.69. The lowest BCUT2D eigenvalue weighted by atomic mass is 9.91. The number of hydrogen-bond donors (Lipinski definition) is 0. The highest BCUT2D eigenvalue weighted by Crippen LogP contribution is 2.22. The van der Waals surface area contributed by atoms with E-state index in [-0.39, 0.29) is 11.6 Å². The van der Waals surface area contributed by atoms with Crippen molar-refractivity contribution in [3.8, 4) is 0 Å². The highest BCUT2D eigenvalue weighted by molar-refractivity contribution is 6.02. The number of benzene rings is 1. The van der Waals surface area contributed by atoms with E-state index in [1.54, 1.807) is 26.0 Å². The molecule has 2 nitrogen and oxygen atoms in total. The first-order valence-electron chi connectivity index (χ1n) is 5.89. The zero-order chi connectivity index (χ0) is 13.1. The van der Waals surface area contributed by atoms with Gasteiger partial charge in [0.05, 0.1) is 0 Å². The number of rotatable bonds is 5. The SMILES string of the molecule is CCOC(C)(CC)C(=O)c1ccc(C)c(F)c1. The monoisotopic (exact) mass is 238 g/mol. The maximum absolute atomic E-state index is 13.4. The topological polar surface area (TPSA) is 26.3 Å². The Hall–Kier alpha value is -1.22. The highest BCUT2D eigenvalue weighted by Gasteiger charge is 2.32. The average molecular weight is 238 g/mol. The molecule has 0 amide bonds. The lowest BCUT2D eigenvalue weighted by Gasteiger charge is -2.26. The average Bonchev–Trinajstić information content (AvgIpc) is 2.32. The van der Waals surface area contributed by atoms with E-state index in [9.17, 15) is 9.18 Å². The molecule has 3 heteroatoms. The van der Waals surface area contributed by atoms with Crippen molar-refractivity contribution in [1.29, 1.82) is 0 Å². The molecule has 0 N–H and O–H groups in total. The van der Waals surface area contributed by atoms with E-state index in [0.717, 1.165) is 0 Å². The van der Waals surface area contributed by atoms with Crippen molar-refractivity contribution in [1.82, 2.24) is 0 Å². The molecule has 1 unspecified atom stereocenters. The largest absolute Gasteiger partial charge is 0.367 e. The van der Waals surface area contributed by atoms with Gasteiger partial charge in [0, 0.05) is 12.2 Å². The van der Waals surface area contributed by atoms with E-state index in [1.165, 1.54) is 6.07 Å². The lowest BCUT2D eigenvalue weighted by molar-refractivity contribution is -0.0116. The number of aryl methyl sites for hydroxylation is 1. The molecule has 0 aliphatic carbocycles. The molecule has 0 radical (unpaired) electrons. The molecule has 94 valence electrons. The summed E-state index contributed by atoms with van der Waals surface area (Å²) in [5.74, 6) is -0.522. The first kappa shape index (κ1) is 13.8. The van der Waals surface area contributed by atoms with Crippen LogP contribution in [0.25, 0.3) is 0 Å². The van der Waals surface area contributed by atoms with Crippen LogP contribution in [0.3, 0.4) is 0 Å². The molecular formula is C14H19FO2. The summed E-state index contributed by atoms with van der Waals surface area (Å²) < 4.78 is 18.9. The van der Waals surface area contributed by atoms with Crippen molar-refractivity contribution in [2.45, 2.75) is 39.7 Å². The summed E-state index contributed by atoms with van der Waals surface area (Å²) in [6, 6.07) is 4.54. The van der Waals surface area contributed by atoms with Crippen LogP contribution in [0.5, 0.6) is 0 Å². The minimum absolute atomic E-state index is 0.166. The second-order valence-corrected chi connectivity index (χ2v) is 4.31. The Kier molecular flexibility index (Phi) is 4.40. The highest BCUT2D eigenvalue weighted by atomic mass is 19.1. The quantitative estimate of drug-likeness (QED) is 0.734. The number of ketones is 1. The minimum Gasteiger partial charge on any atom is -0.367 e. The summed E-state index contributed by atoms with van der Waals surface area (Å²) >= 11 is 0. The van der Waals surface area contributed by atoms with Gasteiger partial charge in [-0.25, -0.2) is 4.39 Å². The normalized spacial score (nSPS) is 14.4. The van der Waals surface area contributed by atoms with Crippen molar-refractivity contribution in [2.24, 2.45) is 0 Å². The van der Waals surface area contributed by atoms with E-state index < -0.39 is 5.60 Å². The zero-order valence-electron chi connectivity index (χ0n) is 10.8. The Morgan fingerprint density at radius 1 is 1.41 bits per heavy atom. The molecule has 0 saturated carbocycles. The van der Waals surface area contributed by atoms with E-state index in [1.807, 2.05) is 13.8 Å². The Balaban J connectivity index is 3.06. The molecule has 0 bridgehead atoms. The maximum atomic E-state index is 13.4. The van der Waals surface area contributed by atoms with Gasteiger partial charge in [0.2, 0.25) is 0 Å². The Morgan fingerprint density at radius 2 is 2.06 bits per heavy atom. The van der Waals surface area contributed by atoms with Crippen molar-refractivity contribution < 1.29 is 13.9 Å². The molecule has 0 fully saturated rings. The molecule has 0 saturated heterocycles. The fourth-order valence-corrected chi connectivity index (χ4v) is 1.69. The van der Waals surface area contributed by atoms with Gasteiger partial charge in [0.15, 0.2) is 5.78 Å². The third kappa shape index (κ3) is 2.91. The van der Waals surface area contributed by atoms with E-state index in [2.05, 4.69) is 0 Å². The zero-order valence-corrected chi connectivity index (χ0v) is 10.8. The molecule has 1 atom stereocenters. The molecule has 1 aromatic rings. The van der Waals surface area contributed by atoms with Crippen molar-refractivity contribution >= 4 is 5.78 Å². The third-order valence-electron chi connectivity index (χ3n) is 3.05. The summed E-state index contributed by atoms with van der Waals surface area (Å²) in [5.41, 5.74) is 0.0401. The summed E-state index contributed by atoms with van der Waals surface area (Å²) in [4.78, 5) is 12.3. The van der Waals surface area contributed by atoms with Crippen LogP contribution in [-0.4, -0.2) is 18.0 Å². The molecule has 0 heterocycles. The predicted octanol–water partition coefficient (Wildman–Crippen LogP) is 3.52. The number of Topliss-reactive ketones (excluding diaryl/α,β-unsaturated/α-hetero) is 1. The summed E-state index contributed by atoms with van der Waals surface area (Å²) in [5, 5.41) is 0. The first-order chi connectivity index (χ1) is 7.94. The van der Waals surface area contributed by atoms with Crippen LogP contribution in [-0.2, 0) is 4.74 Å². The molecule has 0 aliphatic rings. The van der Waals surface area contributed by atoms with Crippen LogP contribution in [0.1, 0.15) is 43.1 Å². The van der Waals surface area contributed by atoms with Gasteiger partial charge in [-0.15, -0.1) is 0 Å². The first-order valence-corrected chi connectivity index (χ1v) is 5.89. The van der Waals surface area contributed by atoms with Gasteiger partial charge in [0.25, 0.3) is 0 Å². The van der Waals surface area contributed by atoms with Crippen molar-refractivity contribution in [3.63, 3.8) is 0 Å². The third-order valence-corrected chi connectivity index (χ3v) is 3.05. The molecule has 1 rings (SSSR count). The molecule has 0 aromatic heterocycles. The standard InChI is InChI=1S/C14H19FO2/c1-5-14(4,17-6-2)13(16)11-8-7-10(3)12(15)9-11/h7-9H,5-6H2,1-4H3. The van der Waals surface area contributed by atoms with Gasteiger partial charge >= 0.3 is 0 Å². The molecular weight excluding hydrogens is 219 g/mol. The second-order valence-electron chi connectivity index (χ2n) is 4.31. The van der Waals surface area contributed by atoms with E-state index in [4.69, 9.17) is 4.74 Å². The van der Waals surface area contributed by atoms with E-state index in [0.29, 0.717) is 24.2 Å². The van der Waals surface area contributed by atoms with Gasteiger partial charge in [-0.05, 0) is 38.8 Å². The van der Waals surface area contributed by atoms with Gasteiger partial charge in [-0.3, -0.25) is 4.79 Å². The predicted molar refractivity (Wildman–Crippen MR) is 65.8 cm³/mol. The number of halogens is 1. The number of carbonyl (C=O) groups excluding carboxylic acids is 1. The smallest absolute Gasteiger partial charge is 0.194 e. The summed E-state index contributed by atoms with van der Waals surface area (Å²) in [6.45, 7) is 7.61. The number of hydrogen-bond acceptors (Lipinski definition) is 2. The van der Waals surface area contributed by atoms with Crippen LogP contribution in [0.4, 0.5) is 4.39 Å². The van der Waals surface area contributed by atoms with E-state index >= 15 is 0 Å². The van der Waals surface area contributed by atoms with Crippen LogP contribution in [0.15, 0.2) is 18.2 Å². The Morgan fingerprint density at radius 3 is 2.53 bits per heavy atom. The van der Waals surface area contributed by atoms with Crippen LogP contribution < -0.4 is 0 Å². The molecule has 0 spiro atoms.